The van der Waals surface area contributed by atoms with Gasteiger partial charge in [0, 0.05) is 40.1 Å². The van der Waals surface area contributed by atoms with E-state index in [9.17, 15) is 0 Å². The summed E-state index contributed by atoms with van der Waals surface area (Å²) in [5, 5.41) is 8.54. The molecule has 0 radical (unpaired) electrons. The molecule has 296 valence electrons. The van der Waals surface area contributed by atoms with Crippen molar-refractivity contribution >= 4 is 68.2 Å². The number of hydrogen-bond donors (Lipinski definition) is 1. The molecule has 0 unspecified atom stereocenters. The minimum atomic E-state index is 0.645. The smallest absolute Gasteiger partial charge is 0.198 e. The lowest BCUT2D eigenvalue weighted by Gasteiger charge is -2.37. The van der Waals surface area contributed by atoms with Gasteiger partial charge in [-0.05, 0) is 99.0 Å². The van der Waals surface area contributed by atoms with Gasteiger partial charge in [0.15, 0.2) is 53.3 Å². The Morgan fingerprint density at radius 2 is 0.968 bits per heavy atom. The number of fused-ring (bicyclic) bond motifs is 8. The predicted octanol–water partition coefficient (Wildman–Crippen LogP) is 14.0. The maximum atomic E-state index is 6.55. The lowest BCUT2D eigenvalue weighted by atomic mass is 9.57. The van der Waals surface area contributed by atoms with Crippen molar-refractivity contribution in [2.24, 2.45) is 0 Å². The summed E-state index contributed by atoms with van der Waals surface area (Å²) in [5.41, 5.74) is 12.0. The monoisotopic (exact) mass is 810 g/mol. The van der Waals surface area contributed by atoms with Crippen molar-refractivity contribution in [2.75, 3.05) is 10.2 Å². The Labute approximate surface area is 364 Å². The zero-order valence-corrected chi connectivity index (χ0v) is 33.8. The van der Waals surface area contributed by atoms with E-state index in [2.05, 4.69) is 156 Å². The van der Waals surface area contributed by atoms with Gasteiger partial charge in [-0.25, -0.2) is 0 Å². The van der Waals surface area contributed by atoms with Crippen LogP contribution in [-0.2, 0) is 0 Å². The van der Waals surface area contributed by atoms with Gasteiger partial charge < -0.3 is 29.2 Å². The molecule has 7 heteroatoms. The lowest BCUT2D eigenvalue weighted by molar-refractivity contribution is 0.359. The molecule has 63 heavy (non-hydrogen) atoms. The first-order chi connectivity index (χ1) is 31.2. The van der Waals surface area contributed by atoms with Crippen LogP contribution in [0.25, 0.3) is 43.8 Å². The van der Waals surface area contributed by atoms with Crippen molar-refractivity contribution in [3.05, 3.63) is 200 Å². The van der Waals surface area contributed by atoms with Crippen molar-refractivity contribution in [3.8, 4) is 68.2 Å². The standard InChI is InChI=1S/C56H35BN2O4/c1-2-12-34(13-3-1)35-22-25-38(26-23-35)58-56-41-17-7-4-14-36(41)24-28-42(56)54-40-16-6-5-15-37(40)30-45-55(54)57-43-32-52-53(63-49-21-11-10-20-48(49)62-52)33-44(43)59(45)39-27-29-50-51(31-39)61-47-19-9-8-18-46(47)60-50/h1-33,57-58H. The van der Waals surface area contributed by atoms with Crippen LogP contribution in [-0.4, -0.2) is 7.28 Å². The number of anilines is 5. The van der Waals surface area contributed by atoms with Crippen molar-refractivity contribution in [3.63, 3.8) is 0 Å². The van der Waals surface area contributed by atoms with E-state index in [1.54, 1.807) is 0 Å². The molecule has 0 aromatic heterocycles. The van der Waals surface area contributed by atoms with Gasteiger partial charge >= 0.3 is 0 Å². The largest absolute Gasteiger partial charge is 0.450 e. The van der Waals surface area contributed by atoms with Crippen LogP contribution in [0.1, 0.15) is 0 Å². The molecule has 0 saturated heterocycles. The summed E-state index contributed by atoms with van der Waals surface area (Å²) in [6, 6.07) is 69.5. The molecule has 3 heterocycles. The number of para-hydroxylation sites is 4. The Morgan fingerprint density at radius 3 is 1.70 bits per heavy atom. The van der Waals surface area contributed by atoms with Crippen LogP contribution >= 0.6 is 0 Å². The average Bonchev–Trinajstić information content (AvgIpc) is 3.33. The predicted molar refractivity (Wildman–Crippen MR) is 256 cm³/mol. The molecule has 0 saturated carbocycles. The average molecular weight is 811 g/mol. The van der Waals surface area contributed by atoms with Crippen molar-refractivity contribution in [1.82, 2.24) is 0 Å². The van der Waals surface area contributed by atoms with Gasteiger partial charge in [0.2, 0.25) is 0 Å². The van der Waals surface area contributed by atoms with Crippen LogP contribution in [0.4, 0.5) is 28.4 Å². The van der Waals surface area contributed by atoms with Crippen molar-refractivity contribution < 1.29 is 18.9 Å². The summed E-state index contributed by atoms with van der Waals surface area (Å²) in [6.45, 7) is 0. The van der Waals surface area contributed by atoms with E-state index in [0.717, 1.165) is 55.6 Å². The number of ether oxygens (including phenoxy) is 4. The van der Waals surface area contributed by atoms with Gasteiger partial charge in [-0.2, -0.15) is 0 Å². The molecule has 6 nitrogen and oxygen atoms in total. The van der Waals surface area contributed by atoms with Gasteiger partial charge in [-0.15, -0.1) is 0 Å². The highest BCUT2D eigenvalue weighted by Crippen LogP contribution is 2.52. The van der Waals surface area contributed by atoms with Gasteiger partial charge in [0.05, 0.1) is 11.4 Å². The van der Waals surface area contributed by atoms with E-state index < -0.39 is 0 Å². The molecule has 0 bridgehead atoms. The third-order valence-electron chi connectivity index (χ3n) is 12.4. The minimum Gasteiger partial charge on any atom is -0.450 e. The molecule has 10 aromatic carbocycles. The van der Waals surface area contributed by atoms with Gasteiger partial charge in [0.1, 0.15) is 0 Å². The molecule has 3 aliphatic heterocycles. The molecule has 0 fully saturated rings. The second kappa shape index (κ2) is 14.1. The van der Waals surface area contributed by atoms with Crippen LogP contribution in [0.5, 0.6) is 46.0 Å². The maximum Gasteiger partial charge on any atom is 0.198 e. The molecule has 1 N–H and O–H groups in total. The fourth-order valence-corrected chi connectivity index (χ4v) is 9.41. The first kappa shape index (κ1) is 35.4. The summed E-state index contributed by atoms with van der Waals surface area (Å²) in [7, 11) is 0.648. The highest BCUT2D eigenvalue weighted by molar-refractivity contribution is 6.74. The Balaban J connectivity index is 1.03. The molecule has 3 aliphatic rings. The van der Waals surface area contributed by atoms with E-state index in [1.165, 1.54) is 27.5 Å². The van der Waals surface area contributed by atoms with E-state index in [-0.39, 0.29) is 0 Å². The second-order valence-corrected chi connectivity index (χ2v) is 16.1. The number of nitrogens with one attached hydrogen (secondary N) is 1. The molecule has 13 rings (SSSR count). The van der Waals surface area contributed by atoms with E-state index in [1.807, 2.05) is 54.6 Å². The van der Waals surface area contributed by atoms with Gasteiger partial charge in [0.25, 0.3) is 0 Å². The quantitative estimate of drug-likeness (QED) is 0.175. The second-order valence-electron chi connectivity index (χ2n) is 16.1. The normalized spacial score (nSPS) is 12.7. The number of nitrogens with zero attached hydrogens (tertiary/aromatic N) is 1. The van der Waals surface area contributed by atoms with Crippen molar-refractivity contribution in [2.45, 2.75) is 0 Å². The molecule has 0 aliphatic carbocycles. The summed E-state index contributed by atoms with van der Waals surface area (Å²) in [6.07, 6.45) is 0. The fourth-order valence-electron chi connectivity index (χ4n) is 9.41. The van der Waals surface area contributed by atoms with Crippen LogP contribution < -0.4 is 40.1 Å². The summed E-state index contributed by atoms with van der Waals surface area (Å²) < 4.78 is 26.0. The van der Waals surface area contributed by atoms with E-state index >= 15 is 0 Å². The van der Waals surface area contributed by atoms with Gasteiger partial charge in [-0.1, -0.05) is 133 Å². The Hall–Kier alpha value is -8.42. The first-order valence-corrected chi connectivity index (χ1v) is 21.2. The zero-order valence-electron chi connectivity index (χ0n) is 33.8. The van der Waals surface area contributed by atoms with Crippen molar-refractivity contribution in [1.29, 1.82) is 0 Å². The molecular weight excluding hydrogens is 775 g/mol. The molecular formula is C56H35BN2O4. The van der Waals surface area contributed by atoms with Crippen LogP contribution in [0.15, 0.2) is 200 Å². The zero-order chi connectivity index (χ0) is 41.4. The highest BCUT2D eigenvalue weighted by atomic mass is 16.6. The lowest BCUT2D eigenvalue weighted by Crippen LogP contribution is -2.41. The first-order valence-electron chi connectivity index (χ1n) is 21.2. The number of rotatable bonds is 5. The summed E-state index contributed by atoms with van der Waals surface area (Å²) in [4.78, 5) is 2.34. The van der Waals surface area contributed by atoms with Crippen LogP contribution in [0.3, 0.4) is 0 Å². The third-order valence-corrected chi connectivity index (χ3v) is 12.4. The fraction of sp³-hybridized carbons (Fsp3) is 0. The molecule has 10 aromatic rings. The summed E-state index contributed by atoms with van der Waals surface area (Å²) >= 11 is 0. The molecule has 0 amide bonds. The topological polar surface area (TPSA) is 52.2 Å². The Kier molecular flexibility index (Phi) is 7.90. The third kappa shape index (κ3) is 5.89. The SMILES string of the molecule is B1c2cc3c(cc2N(c2ccc4c(c2)Oc2ccccc2O4)c2cc4ccccc4c(-c4ccc5ccccc5c4Nc4ccc(-c5ccccc5)cc4)c21)Oc1ccccc1O3. The molecule has 0 spiro atoms. The Morgan fingerprint density at radius 1 is 0.397 bits per heavy atom. The van der Waals surface area contributed by atoms with Crippen LogP contribution in [0.2, 0.25) is 0 Å². The Bertz CT molecular complexity index is 3480. The minimum absolute atomic E-state index is 0.645. The van der Waals surface area contributed by atoms with E-state index in [4.69, 9.17) is 18.9 Å². The summed E-state index contributed by atoms with van der Waals surface area (Å²) in [5.74, 6) is 5.41. The van der Waals surface area contributed by atoms with Gasteiger partial charge in [-0.3, -0.25) is 0 Å². The number of hydrogen-bond acceptors (Lipinski definition) is 6. The number of benzene rings is 10. The maximum absolute atomic E-state index is 6.55. The van der Waals surface area contributed by atoms with Crippen LogP contribution in [0, 0.1) is 0 Å². The highest BCUT2D eigenvalue weighted by Gasteiger charge is 2.33. The van der Waals surface area contributed by atoms with E-state index in [0.29, 0.717) is 53.3 Å². The molecule has 0 atom stereocenters.